The summed E-state index contributed by atoms with van der Waals surface area (Å²) in [6.07, 6.45) is 0.301. The highest BCUT2D eigenvalue weighted by atomic mass is 35.5. The van der Waals surface area contributed by atoms with Crippen LogP contribution in [-0.2, 0) is 9.59 Å². The van der Waals surface area contributed by atoms with Crippen LogP contribution in [0, 0.1) is 0 Å². The third kappa shape index (κ3) is 5.10. The second-order valence-electron chi connectivity index (χ2n) is 3.91. The Kier molecular flexibility index (Phi) is 5.52. The van der Waals surface area contributed by atoms with Crippen molar-refractivity contribution in [2.24, 2.45) is 0 Å². The number of carbonyl (C=O) groups excluding carboxylic acids is 3. The zero-order valence-electron chi connectivity index (χ0n) is 10.0. The molecule has 0 unspecified atom stereocenters. The SMILES string of the molecule is CC(=O)CCC(=O)NCC(=O)c1cccc(Cl)c1. The van der Waals surface area contributed by atoms with Crippen LogP contribution in [0.25, 0.3) is 0 Å². The quantitative estimate of drug-likeness (QED) is 0.802. The Morgan fingerprint density at radius 2 is 1.94 bits per heavy atom. The summed E-state index contributed by atoms with van der Waals surface area (Å²) in [5, 5.41) is 2.95. The van der Waals surface area contributed by atoms with E-state index in [1.165, 1.54) is 6.92 Å². The summed E-state index contributed by atoms with van der Waals surface area (Å²) in [7, 11) is 0. The van der Waals surface area contributed by atoms with E-state index in [0.29, 0.717) is 10.6 Å². The average molecular weight is 268 g/mol. The highest BCUT2D eigenvalue weighted by molar-refractivity contribution is 6.31. The van der Waals surface area contributed by atoms with Gasteiger partial charge in [0.25, 0.3) is 0 Å². The minimum atomic E-state index is -0.305. The Hall–Kier alpha value is -1.68. The summed E-state index contributed by atoms with van der Waals surface area (Å²) >= 11 is 5.76. The van der Waals surface area contributed by atoms with Crippen LogP contribution in [0.3, 0.4) is 0 Å². The Bertz CT molecular complexity index is 471. The maximum Gasteiger partial charge on any atom is 0.220 e. The molecule has 0 atom stereocenters. The highest BCUT2D eigenvalue weighted by Crippen LogP contribution is 2.10. The van der Waals surface area contributed by atoms with Gasteiger partial charge in [-0.15, -0.1) is 0 Å². The largest absolute Gasteiger partial charge is 0.349 e. The fourth-order valence-electron chi connectivity index (χ4n) is 1.32. The molecule has 1 aromatic carbocycles. The van der Waals surface area contributed by atoms with Crippen molar-refractivity contribution >= 4 is 29.1 Å². The van der Waals surface area contributed by atoms with Crippen molar-refractivity contribution in [1.82, 2.24) is 5.32 Å². The molecule has 0 bridgehead atoms. The lowest BCUT2D eigenvalue weighted by atomic mass is 10.1. The molecule has 5 heteroatoms. The van der Waals surface area contributed by atoms with E-state index in [1.807, 2.05) is 0 Å². The third-order valence-corrected chi connectivity index (χ3v) is 2.53. The first-order valence-electron chi connectivity index (χ1n) is 5.54. The number of halogens is 1. The molecule has 0 saturated carbocycles. The Labute approximate surface area is 110 Å². The Morgan fingerprint density at radius 1 is 1.22 bits per heavy atom. The van der Waals surface area contributed by atoms with Crippen LogP contribution in [0.2, 0.25) is 5.02 Å². The van der Waals surface area contributed by atoms with Crippen LogP contribution >= 0.6 is 11.6 Å². The Balaban J connectivity index is 2.42. The van der Waals surface area contributed by atoms with Crippen LogP contribution in [0.1, 0.15) is 30.1 Å². The lowest BCUT2D eigenvalue weighted by molar-refractivity contribution is -0.124. The van der Waals surface area contributed by atoms with Gasteiger partial charge in [-0.1, -0.05) is 23.7 Å². The zero-order valence-corrected chi connectivity index (χ0v) is 10.8. The van der Waals surface area contributed by atoms with Gasteiger partial charge in [-0.2, -0.15) is 0 Å². The minimum absolute atomic E-state index is 0.0497. The van der Waals surface area contributed by atoms with E-state index in [4.69, 9.17) is 11.6 Å². The van der Waals surface area contributed by atoms with E-state index in [2.05, 4.69) is 5.32 Å². The maximum absolute atomic E-state index is 11.7. The van der Waals surface area contributed by atoms with Crippen molar-refractivity contribution in [3.8, 4) is 0 Å². The number of rotatable bonds is 6. The monoisotopic (exact) mass is 267 g/mol. The summed E-state index contributed by atoms with van der Waals surface area (Å²) in [5.74, 6) is -0.569. The van der Waals surface area contributed by atoms with Crippen molar-refractivity contribution in [3.63, 3.8) is 0 Å². The van der Waals surface area contributed by atoms with Gasteiger partial charge in [-0.25, -0.2) is 0 Å². The van der Waals surface area contributed by atoms with Crippen molar-refractivity contribution in [3.05, 3.63) is 34.9 Å². The molecular weight excluding hydrogens is 254 g/mol. The zero-order chi connectivity index (χ0) is 13.5. The number of benzene rings is 1. The van der Waals surface area contributed by atoms with Gasteiger partial charge in [0.2, 0.25) is 5.91 Å². The van der Waals surface area contributed by atoms with Crippen molar-refractivity contribution in [1.29, 1.82) is 0 Å². The molecule has 0 aliphatic rings. The third-order valence-electron chi connectivity index (χ3n) is 2.30. The fraction of sp³-hybridized carbons (Fsp3) is 0.308. The molecule has 0 heterocycles. The topological polar surface area (TPSA) is 63.2 Å². The molecule has 0 aromatic heterocycles. The molecular formula is C13H14ClNO3. The van der Waals surface area contributed by atoms with E-state index in [1.54, 1.807) is 24.3 Å². The first-order chi connectivity index (χ1) is 8.49. The molecule has 0 radical (unpaired) electrons. The van der Waals surface area contributed by atoms with E-state index in [-0.39, 0.29) is 36.9 Å². The van der Waals surface area contributed by atoms with Crippen LogP contribution in [0.15, 0.2) is 24.3 Å². The smallest absolute Gasteiger partial charge is 0.220 e. The van der Waals surface area contributed by atoms with Crippen molar-refractivity contribution in [2.45, 2.75) is 19.8 Å². The van der Waals surface area contributed by atoms with Crippen molar-refractivity contribution in [2.75, 3.05) is 6.54 Å². The Morgan fingerprint density at radius 3 is 2.56 bits per heavy atom. The van der Waals surface area contributed by atoms with Gasteiger partial charge in [0.15, 0.2) is 5.78 Å². The summed E-state index contributed by atoms with van der Waals surface area (Å²) in [6.45, 7) is 1.33. The molecule has 1 amide bonds. The van der Waals surface area contributed by atoms with E-state index >= 15 is 0 Å². The van der Waals surface area contributed by atoms with Gasteiger partial charge in [-0.05, 0) is 19.1 Å². The second-order valence-corrected chi connectivity index (χ2v) is 4.35. The van der Waals surface area contributed by atoms with Crippen molar-refractivity contribution < 1.29 is 14.4 Å². The number of nitrogens with one attached hydrogen (secondary N) is 1. The standard InChI is InChI=1S/C13H14ClNO3/c1-9(16)5-6-13(18)15-8-12(17)10-3-2-4-11(14)7-10/h2-4,7H,5-6,8H2,1H3,(H,15,18). The molecule has 96 valence electrons. The summed E-state index contributed by atoms with van der Waals surface area (Å²) in [6, 6.07) is 6.53. The van der Waals surface area contributed by atoms with Crippen LogP contribution in [0.4, 0.5) is 0 Å². The predicted octanol–water partition coefficient (Wildman–Crippen LogP) is 2.01. The van der Waals surface area contributed by atoms with E-state index in [9.17, 15) is 14.4 Å². The summed E-state index contributed by atoms with van der Waals surface area (Å²) < 4.78 is 0. The number of hydrogen-bond donors (Lipinski definition) is 1. The molecule has 1 N–H and O–H groups in total. The molecule has 0 aliphatic heterocycles. The molecule has 18 heavy (non-hydrogen) atoms. The minimum Gasteiger partial charge on any atom is -0.349 e. The van der Waals surface area contributed by atoms with Gasteiger partial charge in [-0.3, -0.25) is 9.59 Å². The molecule has 1 aromatic rings. The van der Waals surface area contributed by atoms with Gasteiger partial charge < -0.3 is 10.1 Å². The van der Waals surface area contributed by atoms with Gasteiger partial charge in [0.05, 0.1) is 6.54 Å². The molecule has 0 saturated heterocycles. The number of carbonyl (C=O) groups is 3. The van der Waals surface area contributed by atoms with Crippen LogP contribution in [0.5, 0.6) is 0 Å². The van der Waals surface area contributed by atoms with E-state index < -0.39 is 0 Å². The molecule has 0 fully saturated rings. The lowest BCUT2D eigenvalue weighted by Crippen LogP contribution is -2.29. The highest BCUT2D eigenvalue weighted by Gasteiger charge is 2.09. The molecule has 1 rings (SSSR count). The number of Topliss-reactive ketones (excluding diaryl/α,β-unsaturated/α-hetero) is 2. The predicted molar refractivity (Wildman–Crippen MR) is 68.7 cm³/mol. The lowest BCUT2D eigenvalue weighted by Gasteiger charge is -2.04. The van der Waals surface area contributed by atoms with Gasteiger partial charge >= 0.3 is 0 Å². The number of hydrogen-bond acceptors (Lipinski definition) is 3. The second kappa shape index (κ2) is 6.91. The molecule has 4 nitrogen and oxygen atoms in total. The van der Waals surface area contributed by atoms with Gasteiger partial charge in [0, 0.05) is 23.4 Å². The number of amides is 1. The number of ketones is 2. The first kappa shape index (κ1) is 14.4. The van der Waals surface area contributed by atoms with E-state index in [0.717, 1.165) is 0 Å². The average Bonchev–Trinajstić information content (AvgIpc) is 2.33. The molecule has 0 spiro atoms. The van der Waals surface area contributed by atoms with Gasteiger partial charge in [0.1, 0.15) is 5.78 Å². The molecule has 0 aliphatic carbocycles. The van der Waals surface area contributed by atoms with Crippen LogP contribution < -0.4 is 5.32 Å². The fourth-order valence-corrected chi connectivity index (χ4v) is 1.51. The first-order valence-corrected chi connectivity index (χ1v) is 5.91. The summed E-state index contributed by atoms with van der Waals surface area (Å²) in [4.78, 5) is 33.7. The summed E-state index contributed by atoms with van der Waals surface area (Å²) in [5.41, 5.74) is 0.453. The maximum atomic E-state index is 11.7. The normalized spacial score (nSPS) is 9.89. The van der Waals surface area contributed by atoms with Crippen LogP contribution in [-0.4, -0.2) is 24.0 Å².